The molecule has 10 heteroatoms. The van der Waals surface area contributed by atoms with Gasteiger partial charge in [0.1, 0.15) is 16.5 Å². The standard InChI is InChI=1S/C23H22F3N5OS/c1-14-2-4-17(20-27-8-9-33-20)19(30-14)21(32)31-13-22(6-7-22)10-16(31)12-29-18-5-3-15(11-28-18)23(24,25)26/h2-5,8-9,11,16H,6-7,10,12-13H2,1H3,(H,28,29). The zero-order chi connectivity index (χ0) is 23.2. The number of aromatic nitrogens is 3. The van der Waals surface area contributed by atoms with Crippen LogP contribution in [0.25, 0.3) is 10.6 Å². The number of pyridine rings is 2. The van der Waals surface area contributed by atoms with Gasteiger partial charge in [-0.25, -0.2) is 15.0 Å². The van der Waals surface area contributed by atoms with Crippen molar-refractivity contribution in [3.8, 4) is 10.6 Å². The largest absolute Gasteiger partial charge is 0.417 e. The Morgan fingerprint density at radius 1 is 1.24 bits per heavy atom. The molecule has 1 N–H and O–H groups in total. The number of hydrogen-bond acceptors (Lipinski definition) is 6. The Kier molecular flexibility index (Phi) is 5.35. The number of carbonyl (C=O) groups is 1. The van der Waals surface area contributed by atoms with E-state index in [4.69, 9.17) is 0 Å². The molecule has 1 amide bonds. The molecule has 1 saturated carbocycles. The number of halogens is 3. The van der Waals surface area contributed by atoms with Gasteiger partial charge in [0.2, 0.25) is 0 Å². The third-order valence-electron chi connectivity index (χ3n) is 6.34. The highest BCUT2D eigenvalue weighted by Gasteiger charge is 2.53. The maximum Gasteiger partial charge on any atom is 0.417 e. The summed E-state index contributed by atoms with van der Waals surface area (Å²) in [4.78, 5) is 28.4. The molecule has 1 aliphatic heterocycles. The van der Waals surface area contributed by atoms with Crippen LogP contribution in [0.15, 0.2) is 42.0 Å². The molecular weight excluding hydrogens is 451 g/mol. The van der Waals surface area contributed by atoms with Crippen molar-refractivity contribution in [1.29, 1.82) is 0 Å². The van der Waals surface area contributed by atoms with Crippen LogP contribution in [0.3, 0.4) is 0 Å². The van der Waals surface area contributed by atoms with Crippen LogP contribution in [0.4, 0.5) is 19.0 Å². The van der Waals surface area contributed by atoms with Crippen molar-refractivity contribution in [3.05, 3.63) is 59.0 Å². The predicted octanol–water partition coefficient (Wildman–Crippen LogP) is 5.03. The van der Waals surface area contributed by atoms with E-state index in [0.29, 0.717) is 30.2 Å². The number of amides is 1. The number of anilines is 1. The van der Waals surface area contributed by atoms with E-state index in [2.05, 4.69) is 20.3 Å². The molecule has 2 fully saturated rings. The third-order valence-corrected chi connectivity index (χ3v) is 7.15. The number of carbonyl (C=O) groups excluding carboxylic acids is 1. The summed E-state index contributed by atoms with van der Waals surface area (Å²) < 4.78 is 38.4. The quantitative estimate of drug-likeness (QED) is 0.563. The Labute approximate surface area is 192 Å². The molecule has 2 aliphatic rings. The molecule has 1 atom stereocenters. The van der Waals surface area contributed by atoms with E-state index >= 15 is 0 Å². The summed E-state index contributed by atoms with van der Waals surface area (Å²) in [6, 6.07) is 5.98. The van der Waals surface area contributed by atoms with E-state index in [9.17, 15) is 18.0 Å². The highest BCUT2D eigenvalue weighted by molar-refractivity contribution is 7.13. The summed E-state index contributed by atoms with van der Waals surface area (Å²) in [6.07, 6.45) is 1.10. The number of nitrogens with zero attached hydrogens (tertiary/aromatic N) is 4. The lowest BCUT2D eigenvalue weighted by Gasteiger charge is -2.25. The van der Waals surface area contributed by atoms with E-state index in [1.165, 1.54) is 17.4 Å². The van der Waals surface area contributed by atoms with Gasteiger partial charge in [-0.3, -0.25) is 4.79 Å². The average molecular weight is 474 g/mol. The van der Waals surface area contributed by atoms with Gasteiger partial charge in [0.15, 0.2) is 0 Å². The lowest BCUT2D eigenvalue weighted by molar-refractivity contribution is -0.137. The smallest absolute Gasteiger partial charge is 0.368 e. The van der Waals surface area contributed by atoms with Gasteiger partial charge in [-0.05, 0) is 55.9 Å². The van der Waals surface area contributed by atoms with Crippen molar-refractivity contribution in [3.63, 3.8) is 0 Å². The number of alkyl halides is 3. The summed E-state index contributed by atoms with van der Waals surface area (Å²) in [5.41, 5.74) is 1.21. The first-order valence-electron chi connectivity index (χ1n) is 10.7. The van der Waals surface area contributed by atoms with Gasteiger partial charge in [-0.15, -0.1) is 11.3 Å². The van der Waals surface area contributed by atoms with Crippen molar-refractivity contribution in [2.24, 2.45) is 5.41 Å². The zero-order valence-corrected chi connectivity index (χ0v) is 18.7. The lowest BCUT2D eigenvalue weighted by atomic mass is 10.0. The highest BCUT2D eigenvalue weighted by atomic mass is 32.1. The zero-order valence-electron chi connectivity index (χ0n) is 17.9. The first kappa shape index (κ1) is 21.8. The topological polar surface area (TPSA) is 71.0 Å². The number of hydrogen-bond donors (Lipinski definition) is 1. The molecule has 1 unspecified atom stereocenters. The van der Waals surface area contributed by atoms with Crippen molar-refractivity contribution in [1.82, 2.24) is 19.9 Å². The van der Waals surface area contributed by atoms with Crippen molar-refractivity contribution in [2.75, 3.05) is 18.4 Å². The second-order valence-corrected chi connectivity index (χ2v) is 9.68. The minimum atomic E-state index is -4.42. The summed E-state index contributed by atoms with van der Waals surface area (Å²) in [6.45, 7) is 2.92. The first-order valence-corrected chi connectivity index (χ1v) is 11.6. The van der Waals surface area contributed by atoms with Gasteiger partial charge in [-0.1, -0.05) is 0 Å². The number of likely N-dealkylation sites (tertiary alicyclic amines) is 1. The van der Waals surface area contributed by atoms with Crippen LogP contribution in [0, 0.1) is 12.3 Å². The van der Waals surface area contributed by atoms with Gasteiger partial charge in [-0.2, -0.15) is 13.2 Å². The van der Waals surface area contributed by atoms with Gasteiger partial charge < -0.3 is 10.2 Å². The Balaban J connectivity index is 1.36. The predicted molar refractivity (Wildman–Crippen MR) is 119 cm³/mol. The number of nitrogens with one attached hydrogen (secondary N) is 1. The monoisotopic (exact) mass is 473 g/mol. The Bertz CT molecular complexity index is 1160. The van der Waals surface area contributed by atoms with Gasteiger partial charge in [0.25, 0.3) is 5.91 Å². The molecule has 33 heavy (non-hydrogen) atoms. The van der Waals surface area contributed by atoms with E-state index in [0.717, 1.165) is 42.2 Å². The van der Waals surface area contributed by atoms with E-state index in [1.807, 2.05) is 29.3 Å². The Morgan fingerprint density at radius 2 is 2.06 bits per heavy atom. The molecule has 1 saturated heterocycles. The van der Waals surface area contributed by atoms with Gasteiger partial charge >= 0.3 is 6.18 Å². The Morgan fingerprint density at radius 3 is 2.70 bits per heavy atom. The van der Waals surface area contributed by atoms with Crippen LogP contribution in [0.2, 0.25) is 0 Å². The average Bonchev–Trinajstić information content (AvgIpc) is 3.18. The molecule has 6 nitrogen and oxygen atoms in total. The van der Waals surface area contributed by atoms with Crippen LogP contribution in [-0.2, 0) is 6.18 Å². The van der Waals surface area contributed by atoms with Crippen LogP contribution in [0.5, 0.6) is 0 Å². The molecule has 0 aromatic carbocycles. The molecule has 4 heterocycles. The maximum absolute atomic E-state index is 13.7. The van der Waals surface area contributed by atoms with E-state index in [-0.39, 0.29) is 17.4 Å². The molecule has 1 aliphatic carbocycles. The number of thiazole rings is 1. The van der Waals surface area contributed by atoms with Crippen LogP contribution in [-0.4, -0.2) is 44.9 Å². The fraction of sp³-hybridized carbons (Fsp3) is 0.391. The molecule has 0 bridgehead atoms. The summed E-state index contributed by atoms with van der Waals surface area (Å²) in [5.74, 6) is 0.212. The second kappa shape index (κ2) is 8.09. The Hall–Kier alpha value is -3.01. The molecule has 3 aromatic rings. The number of rotatable bonds is 5. The highest BCUT2D eigenvalue weighted by Crippen LogP contribution is 2.55. The molecule has 0 radical (unpaired) electrons. The van der Waals surface area contributed by atoms with Crippen molar-refractivity contribution >= 4 is 23.1 Å². The molecule has 1 spiro atoms. The normalized spacial score (nSPS) is 19.2. The van der Waals surface area contributed by atoms with Crippen LogP contribution < -0.4 is 5.32 Å². The third kappa shape index (κ3) is 4.44. The number of aryl methyl sites for hydroxylation is 1. The van der Waals surface area contributed by atoms with Crippen LogP contribution in [0.1, 0.15) is 41.0 Å². The van der Waals surface area contributed by atoms with Crippen molar-refractivity contribution in [2.45, 2.75) is 38.4 Å². The lowest BCUT2D eigenvalue weighted by Crippen LogP contribution is -2.40. The first-order chi connectivity index (χ1) is 15.7. The summed E-state index contributed by atoms with van der Waals surface area (Å²) >= 11 is 1.46. The van der Waals surface area contributed by atoms with Crippen molar-refractivity contribution < 1.29 is 18.0 Å². The molecule has 172 valence electrons. The minimum absolute atomic E-state index is 0.101. The van der Waals surface area contributed by atoms with E-state index in [1.54, 1.807) is 6.20 Å². The minimum Gasteiger partial charge on any atom is -0.368 e. The summed E-state index contributed by atoms with van der Waals surface area (Å²) in [7, 11) is 0. The van der Waals surface area contributed by atoms with E-state index < -0.39 is 11.7 Å². The van der Waals surface area contributed by atoms with Gasteiger partial charge in [0, 0.05) is 48.2 Å². The maximum atomic E-state index is 13.7. The van der Waals surface area contributed by atoms with Gasteiger partial charge in [0.05, 0.1) is 5.56 Å². The molecule has 3 aromatic heterocycles. The summed E-state index contributed by atoms with van der Waals surface area (Å²) in [5, 5.41) is 5.73. The fourth-order valence-corrected chi connectivity index (χ4v) is 5.06. The SMILES string of the molecule is Cc1ccc(-c2nccs2)c(C(=O)N2CC3(CC3)CC2CNc2ccc(C(F)(F)F)cn2)n1. The molecular formula is C23H22F3N5OS. The second-order valence-electron chi connectivity index (χ2n) is 8.79. The fourth-order valence-electron chi connectivity index (χ4n) is 4.40. The molecule has 5 rings (SSSR count). The van der Waals surface area contributed by atoms with Crippen LogP contribution >= 0.6 is 11.3 Å².